The zero-order valence-electron chi connectivity index (χ0n) is 9.47. The summed E-state index contributed by atoms with van der Waals surface area (Å²) in [6.45, 7) is 1.15. The van der Waals surface area contributed by atoms with E-state index in [4.69, 9.17) is 0 Å². The molecule has 0 spiro atoms. The topological polar surface area (TPSA) is 3.24 Å². The highest BCUT2D eigenvalue weighted by molar-refractivity contribution is 5.29. The highest BCUT2D eigenvalue weighted by Crippen LogP contribution is 2.16. The van der Waals surface area contributed by atoms with Gasteiger partial charge in [0.1, 0.15) is 0 Å². The molecule has 0 aliphatic heterocycles. The summed E-state index contributed by atoms with van der Waals surface area (Å²) in [6, 6.07) is 0. The molecule has 1 heteroatoms. The molecule has 0 amide bonds. The van der Waals surface area contributed by atoms with Gasteiger partial charge in [-0.05, 0) is 58.3 Å². The lowest BCUT2D eigenvalue weighted by molar-refractivity contribution is 0.403. The number of unbranched alkanes of at least 4 members (excludes halogenated alkanes) is 1. The minimum atomic E-state index is 1.04. The Morgan fingerprint density at radius 2 is 2.21 bits per heavy atom. The van der Waals surface area contributed by atoms with Crippen molar-refractivity contribution in [3.63, 3.8) is 0 Å². The summed E-state index contributed by atoms with van der Waals surface area (Å²) < 4.78 is 0. The number of rotatable bonds is 3. The van der Waals surface area contributed by atoms with Gasteiger partial charge < -0.3 is 4.90 Å². The fourth-order valence-corrected chi connectivity index (χ4v) is 1.61. The van der Waals surface area contributed by atoms with Crippen LogP contribution in [0.3, 0.4) is 0 Å². The lowest BCUT2D eigenvalue weighted by Crippen LogP contribution is -2.12. The minimum Gasteiger partial charge on any atom is -0.309 e. The predicted octanol–water partition coefficient (Wildman–Crippen LogP) is 2.83. The number of hydrogen-bond acceptors (Lipinski definition) is 1. The summed E-state index contributed by atoms with van der Waals surface area (Å²) in [5.74, 6) is 6.55. The molecule has 1 aliphatic carbocycles. The maximum absolute atomic E-state index is 3.29. The molecule has 0 aromatic heterocycles. The first-order valence-corrected chi connectivity index (χ1v) is 5.61. The Labute approximate surface area is 88.2 Å². The monoisotopic (exact) mass is 191 g/mol. The zero-order valence-corrected chi connectivity index (χ0v) is 9.47. The molecule has 0 aromatic rings. The summed E-state index contributed by atoms with van der Waals surface area (Å²) in [4.78, 5) is 2.21. The first-order valence-electron chi connectivity index (χ1n) is 5.61. The molecule has 0 radical (unpaired) electrons. The third kappa shape index (κ3) is 5.09. The summed E-state index contributed by atoms with van der Waals surface area (Å²) in [7, 11) is 4.22. The van der Waals surface area contributed by atoms with Crippen LogP contribution >= 0.6 is 0 Å². The maximum Gasteiger partial charge on any atom is 0.0104 e. The third-order valence-corrected chi connectivity index (χ3v) is 2.45. The minimum absolute atomic E-state index is 1.04. The van der Waals surface area contributed by atoms with E-state index < -0.39 is 0 Å². The second kappa shape index (κ2) is 6.68. The van der Waals surface area contributed by atoms with Gasteiger partial charge in [-0.2, -0.15) is 0 Å². The molecule has 0 heterocycles. The molecule has 0 saturated carbocycles. The van der Waals surface area contributed by atoms with E-state index in [-0.39, 0.29) is 0 Å². The Bertz CT molecular complexity index is 240. The molecule has 1 aliphatic rings. The fraction of sp³-hybridized carbons (Fsp3) is 0.692. The van der Waals surface area contributed by atoms with Gasteiger partial charge in [0.05, 0.1) is 0 Å². The highest BCUT2D eigenvalue weighted by atomic mass is 15.0. The molecule has 0 aromatic carbocycles. The van der Waals surface area contributed by atoms with Crippen LogP contribution in [-0.4, -0.2) is 25.5 Å². The Hall–Kier alpha value is -0.740. The van der Waals surface area contributed by atoms with E-state index in [0.29, 0.717) is 0 Å². The molecule has 1 nitrogen and oxygen atoms in total. The van der Waals surface area contributed by atoms with E-state index in [2.05, 4.69) is 36.9 Å². The summed E-state index contributed by atoms with van der Waals surface area (Å²) in [6.07, 6.45) is 9.66. The molecule has 0 unspecified atom stereocenters. The average Bonchev–Trinajstić information content (AvgIpc) is 2.18. The van der Waals surface area contributed by atoms with Crippen LogP contribution in [0.1, 0.15) is 38.5 Å². The zero-order chi connectivity index (χ0) is 10.2. The second-order valence-corrected chi connectivity index (χ2v) is 4.18. The summed E-state index contributed by atoms with van der Waals surface area (Å²) in [5.41, 5.74) is 1.38. The standard InChI is InChI=1S/C13H21N/c1-14(2)12-8-4-7-11-13-9-5-3-6-10-13/h9H,3-6,8,10,12H2,1-2H3. The lowest BCUT2D eigenvalue weighted by atomic mass is 10.00. The van der Waals surface area contributed by atoms with E-state index in [9.17, 15) is 0 Å². The van der Waals surface area contributed by atoms with Gasteiger partial charge in [-0.3, -0.25) is 0 Å². The van der Waals surface area contributed by atoms with Crippen LogP contribution < -0.4 is 0 Å². The maximum atomic E-state index is 3.29. The lowest BCUT2D eigenvalue weighted by Gasteiger charge is -2.07. The SMILES string of the molecule is CN(C)CCCC#CC1=CCCCC1. The molecule has 0 fully saturated rings. The Morgan fingerprint density at radius 3 is 2.86 bits per heavy atom. The third-order valence-electron chi connectivity index (χ3n) is 2.45. The number of nitrogens with zero attached hydrogens (tertiary/aromatic N) is 1. The van der Waals surface area contributed by atoms with Crippen LogP contribution in [-0.2, 0) is 0 Å². The van der Waals surface area contributed by atoms with Gasteiger partial charge in [0, 0.05) is 6.42 Å². The van der Waals surface area contributed by atoms with Crippen molar-refractivity contribution < 1.29 is 0 Å². The molecule has 0 bridgehead atoms. The molecule has 1 rings (SSSR count). The van der Waals surface area contributed by atoms with Gasteiger partial charge in [-0.15, -0.1) is 0 Å². The van der Waals surface area contributed by atoms with Crippen molar-refractivity contribution in [3.8, 4) is 11.8 Å². The second-order valence-electron chi connectivity index (χ2n) is 4.18. The van der Waals surface area contributed by atoms with E-state index >= 15 is 0 Å². The first kappa shape index (κ1) is 11.3. The highest BCUT2D eigenvalue weighted by Gasteiger charge is 1.98. The Kier molecular flexibility index (Phi) is 5.40. The van der Waals surface area contributed by atoms with Gasteiger partial charge in [0.15, 0.2) is 0 Å². The number of hydrogen-bond donors (Lipinski definition) is 0. The van der Waals surface area contributed by atoms with E-state index in [1.165, 1.54) is 37.7 Å². The van der Waals surface area contributed by atoms with E-state index in [1.54, 1.807) is 0 Å². The molecule has 14 heavy (non-hydrogen) atoms. The van der Waals surface area contributed by atoms with Crippen molar-refractivity contribution in [2.45, 2.75) is 38.5 Å². The van der Waals surface area contributed by atoms with Crippen molar-refractivity contribution in [1.82, 2.24) is 4.90 Å². The molecular weight excluding hydrogens is 170 g/mol. The smallest absolute Gasteiger partial charge is 0.0104 e. The van der Waals surface area contributed by atoms with Crippen molar-refractivity contribution in [1.29, 1.82) is 0 Å². The van der Waals surface area contributed by atoms with Gasteiger partial charge in [0.2, 0.25) is 0 Å². The quantitative estimate of drug-likeness (QED) is 0.490. The van der Waals surface area contributed by atoms with E-state index in [0.717, 1.165) is 13.0 Å². The first-order chi connectivity index (χ1) is 6.79. The fourth-order valence-electron chi connectivity index (χ4n) is 1.61. The predicted molar refractivity (Wildman–Crippen MR) is 62.1 cm³/mol. The Morgan fingerprint density at radius 1 is 1.36 bits per heavy atom. The van der Waals surface area contributed by atoms with Crippen molar-refractivity contribution >= 4 is 0 Å². The van der Waals surface area contributed by atoms with Crippen LogP contribution in [0.15, 0.2) is 11.6 Å². The van der Waals surface area contributed by atoms with Crippen LogP contribution in [0, 0.1) is 11.8 Å². The largest absolute Gasteiger partial charge is 0.309 e. The van der Waals surface area contributed by atoms with Crippen molar-refractivity contribution in [2.24, 2.45) is 0 Å². The van der Waals surface area contributed by atoms with E-state index in [1.807, 2.05) is 0 Å². The summed E-state index contributed by atoms with van der Waals surface area (Å²) in [5, 5.41) is 0. The molecular formula is C13H21N. The van der Waals surface area contributed by atoms with Gasteiger partial charge in [0.25, 0.3) is 0 Å². The summed E-state index contributed by atoms with van der Waals surface area (Å²) >= 11 is 0. The average molecular weight is 191 g/mol. The van der Waals surface area contributed by atoms with Gasteiger partial charge >= 0.3 is 0 Å². The molecule has 78 valence electrons. The van der Waals surface area contributed by atoms with Crippen LogP contribution in [0.25, 0.3) is 0 Å². The normalized spacial score (nSPS) is 16.1. The van der Waals surface area contributed by atoms with Gasteiger partial charge in [-0.1, -0.05) is 17.9 Å². The van der Waals surface area contributed by atoms with Crippen LogP contribution in [0.5, 0.6) is 0 Å². The molecule has 0 atom stereocenters. The number of allylic oxidation sites excluding steroid dienone is 2. The Balaban J connectivity index is 2.16. The van der Waals surface area contributed by atoms with Gasteiger partial charge in [-0.25, -0.2) is 0 Å². The van der Waals surface area contributed by atoms with Crippen molar-refractivity contribution in [2.75, 3.05) is 20.6 Å². The van der Waals surface area contributed by atoms with Crippen molar-refractivity contribution in [3.05, 3.63) is 11.6 Å². The molecule has 0 N–H and O–H groups in total. The van der Waals surface area contributed by atoms with Crippen LogP contribution in [0.4, 0.5) is 0 Å². The van der Waals surface area contributed by atoms with Crippen LogP contribution in [0.2, 0.25) is 0 Å². The molecule has 0 saturated heterocycles.